The highest BCUT2D eigenvalue weighted by Gasteiger charge is 2.28. The van der Waals surface area contributed by atoms with E-state index in [1.165, 1.54) is 30.5 Å². The number of aromatic nitrogens is 3. The van der Waals surface area contributed by atoms with Gasteiger partial charge in [-0.2, -0.15) is 10.2 Å². The van der Waals surface area contributed by atoms with Gasteiger partial charge in [-0.05, 0) is 63.0 Å². The van der Waals surface area contributed by atoms with Crippen molar-refractivity contribution in [2.75, 3.05) is 37.4 Å². The molecular formula is C23H23ClF2N6O2. The van der Waals surface area contributed by atoms with Gasteiger partial charge in [0.25, 0.3) is 5.91 Å². The summed E-state index contributed by atoms with van der Waals surface area (Å²) in [5, 5.41) is 10.9. The molecule has 0 radical (unpaired) electrons. The van der Waals surface area contributed by atoms with Crippen molar-refractivity contribution in [3.05, 3.63) is 60.4 Å². The maximum atomic E-state index is 12.9. The van der Waals surface area contributed by atoms with Crippen molar-refractivity contribution in [3.8, 4) is 17.0 Å². The Morgan fingerprint density at radius 3 is 2.65 bits per heavy atom. The highest BCUT2D eigenvalue weighted by atomic mass is 35.5. The molecule has 3 heterocycles. The molecule has 0 saturated carbocycles. The van der Waals surface area contributed by atoms with E-state index in [0.717, 1.165) is 25.3 Å². The topological polar surface area (TPSA) is 83.5 Å². The van der Waals surface area contributed by atoms with Gasteiger partial charge in [-0.1, -0.05) is 0 Å². The summed E-state index contributed by atoms with van der Waals surface area (Å²) < 4.78 is 29.8. The van der Waals surface area contributed by atoms with Crippen LogP contribution in [0.15, 0.2) is 54.9 Å². The van der Waals surface area contributed by atoms with Gasteiger partial charge in [-0.25, -0.2) is 4.98 Å². The normalized spacial score (nSPS) is 16.1. The maximum Gasteiger partial charge on any atom is 0.487 e. The third-order valence-corrected chi connectivity index (χ3v) is 5.59. The number of nitrogens with one attached hydrogen (secondary N) is 1. The van der Waals surface area contributed by atoms with Gasteiger partial charge in [0.15, 0.2) is 0 Å². The van der Waals surface area contributed by atoms with Crippen LogP contribution >= 0.6 is 11.6 Å². The Morgan fingerprint density at radius 1 is 1.26 bits per heavy atom. The zero-order valence-corrected chi connectivity index (χ0v) is 19.3. The van der Waals surface area contributed by atoms with E-state index in [0.29, 0.717) is 28.6 Å². The number of rotatable bonds is 7. The zero-order chi connectivity index (χ0) is 24.3. The van der Waals surface area contributed by atoms with Crippen LogP contribution in [0.2, 0.25) is 0 Å². The molecule has 4 rings (SSSR count). The number of amides is 1. The average Bonchev–Trinajstić information content (AvgIpc) is 3.30. The summed E-state index contributed by atoms with van der Waals surface area (Å²) in [6.45, 7) is 1.65. The van der Waals surface area contributed by atoms with Gasteiger partial charge in [-0.15, -0.1) is 8.78 Å². The number of anilines is 2. The monoisotopic (exact) mass is 488 g/mol. The highest BCUT2D eigenvalue weighted by Crippen LogP contribution is 2.32. The highest BCUT2D eigenvalue weighted by molar-refractivity contribution is 6.20. The van der Waals surface area contributed by atoms with Gasteiger partial charge < -0.3 is 19.9 Å². The molecule has 1 aromatic carbocycles. The molecule has 2 aromatic heterocycles. The number of benzene rings is 1. The second-order valence-corrected chi connectivity index (χ2v) is 8.52. The lowest BCUT2D eigenvalue weighted by Crippen LogP contribution is -2.32. The number of pyridine rings is 1. The standard InChI is InChI=1S/C23H23ClF2N6O2/c1-31(2)17-9-11-32(14-17)21-19(20-4-3-10-28-30-20)12-15(13-27-21)22(33)29-16-5-7-18(8-6-16)34-23(24,25)26/h3-8,10,12-13,17H,9,11,14H2,1-2H3,(H,29,33). The summed E-state index contributed by atoms with van der Waals surface area (Å²) in [6, 6.07) is 11.2. The van der Waals surface area contributed by atoms with Crippen LogP contribution in [0, 0.1) is 0 Å². The fourth-order valence-electron chi connectivity index (χ4n) is 3.77. The maximum absolute atomic E-state index is 12.9. The molecule has 1 aliphatic heterocycles. The first-order chi connectivity index (χ1) is 16.2. The fourth-order valence-corrected chi connectivity index (χ4v) is 3.86. The van der Waals surface area contributed by atoms with E-state index in [1.807, 2.05) is 6.07 Å². The molecule has 11 heteroatoms. The molecule has 1 atom stereocenters. The van der Waals surface area contributed by atoms with E-state index in [-0.39, 0.29) is 5.75 Å². The molecule has 0 spiro atoms. The van der Waals surface area contributed by atoms with Crippen molar-refractivity contribution in [2.45, 2.75) is 18.0 Å². The third-order valence-electron chi connectivity index (χ3n) is 5.52. The number of carbonyl (C=O) groups excluding carboxylic acids is 1. The van der Waals surface area contributed by atoms with Crippen LogP contribution < -0.4 is 15.0 Å². The molecule has 0 aliphatic carbocycles. The van der Waals surface area contributed by atoms with Gasteiger partial charge >= 0.3 is 5.57 Å². The van der Waals surface area contributed by atoms with Crippen molar-refractivity contribution in [1.29, 1.82) is 0 Å². The van der Waals surface area contributed by atoms with E-state index in [9.17, 15) is 13.6 Å². The SMILES string of the molecule is CN(C)C1CCN(c2ncc(C(=O)Nc3ccc(OC(F)(F)Cl)cc3)cc2-c2cccnn2)C1. The second-order valence-electron chi connectivity index (χ2n) is 8.08. The average molecular weight is 489 g/mol. The summed E-state index contributed by atoms with van der Waals surface area (Å²) in [6.07, 6.45) is 4.10. The van der Waals surface area contributed by atoms with Crippen LogP contribution in [-0.4, -0.2) is 64.8 Å². The number of ether oxygens (including phenoxy) is 1. The van der Waals surface area contributed by atoms with E-state index in [2.05, 4.69) is 49.1 Å². The van der Waals surface area contributed by atoms with E-state index < -0.39 is 11.5 Å². The lowest BCUT2D eigenvalue weighted by Gasteiger charge is -2.23. The molecule has 1 amide bonds. The van der Waals surface area contributed by atoms with E-state index >= 15 is 0 Å². The number of likely N-dealkylation sites (N-methyl/N-ethyl adjacent to an activating group) is 1. The van der Waals surface area contributed by atoms with Crippen LogP contribution in [-0.2, 0) is 0 Å². The molecule has 178 valence electrons. The number of nitrogens with zero attached hydrogens (tertiary/aromatic N) is 5. The Kier molecular flexibility index (Phi) is 6.90. The minimum atomic E-state index is -3.81. The van der Waals surface area contributed by atoms with Gasteiger partial charge in [0.05, 0.1) is 11.3 Å². The minimum absolute atomic E-state index is 0.129. The minimum Gasteiger partial charge on any atom is -0.420 e. The Labute approximate surface area is 200 Å². The molecule has 1 aliphatic rings. The van der Waals surface area contributed by atoms with E-state index in [1.54, 1.807) is 18.3 Å². The zero-order valence-electron chi connectivity index (χ0n) is 18.6. The van der Waals surface area contributed by atoms with Gasteiger partial charge in [0, 0.05) is 54.4 Å². The summed E-state index contributed by atoms with van der Waals surface area (Å²) in [7, 11) is 4.11. The Hall–Kier alpha value is -3.37. The summed E-state index contributed by atoms with van der Waals surface area (Å²) in [4.78, 5) is 21.9. The van der Waals surface area contributed by atoms with Crippen LogP contribution in [0.25, 0.3) is 11.3 Å². The number of carbonyl (C=O) groups is 1. The smallest absolute Gasteiger partial charge is 0.420 e. The molecule has 3 aromatic rings. The molecule has 34 heavy (non-hydrogen) atoms. The quantitative estimate of drug-likeness (QED) is 0.501. The first-order valence-electron chi connectivity index (χ1n) is 10.6. The first-order valence-corrected chi connectivity index (χ1v) is 10.9. The fraction of sp³-hybridized carbons (Fsp3) is 0.304. The third kappa shape index (κ3) is 5.75. The van der Waals surface area contributed by atoms with Crippen molar-refractivity contribution >= 4 is 29.0 Å². The van der Waals surface area contributed by atoms with Crippen molar-refractivity contribution in [2.24, 2.45) is 0 Å². The van der Waals surface area contributed by atoms with Crippen LogP contribution in [0.5, 0.6) is 5.75 Å². The van der Waals surface area contributed by atoms with Gasteiger partial charge in [0.1, 0.15) is 11.6 Å². The predicted octanol–water partition coefficient (Wildman–Crippen LogP) is 4.10. The van der Waals surface area contributed by atoms with Crippen LogP contribution in [0.1, 0.15) is 16.8 Å². The molecule has 0 bridgehead atoms. The van der Waals surface area contributed by atoms with Crippen molar-refractivity contribution in [1.82, 2.24) is 20.1 Å². The summed E-state index contributed by atoms with van der Waals surface area (Å²) >= 11 is 4.77. The molecule has 1 fully saturated rings. The molecular weight excluding hydrogens is 466 g/mol. The molecule has 8 nitrogen and oxygen atoms in total. The van der Waals surface area contributed by atoms with Crippen molar-refractivity contribution in [3.63, 3.8) is 0 Å². The number of hydrogen-bond acceptors (Lipinski definition) is 7. The molecule has 1 unspecified atom stereocenters. The first kappa shape index (κ1) is 23.8. The Balaban J connectivity index is 1.57. The number of hydrogen-bond donors (Lipinski definition) is 1. The molecule has 1 N–H and O–H groups in total. The lowest BCUT2D eigenvalue weighted by molar-refractivity contribution is -0.0964. The predicted molar refractivity (Wildman–Crippen MR) is 125 cm³/mol. The van der Waals surface area contributed by atoms with Crippen molar-refractivity contribution < 1.29 is 18.3 Å². The summed E-state index contributed by atoms with van der Waals surface area (Å²) in [5.74, 6) is 0.202. The van der Waals surface area contributed by atoms with Gasteiger partial charge in [0.2, 0.25) is 0 Å². The second kappa shape index (κ2) is 9.86. The van der Waals surface area contributed by atoms with Crippen LogP contribution in [0.4, 0.5) is 20.3 Å². The van der Waals surface area contributed by atoms with Gasteiger partial charge in [-0.3, -0.25) is 4.79 Å². The molecule has 1 saturated heterocycles. The summed E-state index contributed by atoms with van der Waals surface area (Å²) in [5.41, 5.74) is -1.78. The Bertz CT molecular complexity index is 1140. The largest absolute Gasteiger partial charge is 0.487 e. The van der Waals surface area contributed by atoms with E-state index in [4.69, 9.17) is 11.6 Å². The lowest BCUT2D eigenvalue weighted by atomic mass is 10.1. The van der Waals surface area contributed by atoms with Crippen LogP contribution in [0.3, 0.4) is 0 Å². The Morgan fingerprint density at radius 2 is 2.03 bits per heavy atom. The number of alkyl halides is 3. The number of halogens is 3.